The minimum atomic E-state index is 0.205. The van der Waals surface area contributed by atoms with Crippen LogP contribution in [-0.2, 0) is 19.3 Å². The third kappa shape index (κ3) is 1.90. The first-order valence-electron chi connectivity index (χ1n) is 7.01. The van der Waals surface area contributed by atoms with Gasteiger partial charge in [0.1, 0.15) is 0 Å². The number of fused-ring (bicyclic) bond motifs is 2. The summed E-state index contributed by atoms with van der Waals surface area (Å²) in [6.07, 6.45) is 2.82. The summed E-state index contributed by atoms with van der Waals surface area (Å²) in [5.74, 6) is 0.205. The third-order valence-corrected chi connectivity index (χ3v) is 4.05. The van der Waals surface area contributed by atoms with Crippen molar-refractivity contribution < 1.29 is 4.79 Å². The predicted octanol–water partition coefficient (Wildman–Crippen LogP) is 3.95. The minimum absolute atomic E-state index is 0.205. The second-order valence-corrected chi connectivity index (χ2v) is 5.16. The summed E-state index contributed by atoms with van der Waals surface area (Å²) in [4.78, 5) is 12.7. The molecule has 96 valence electrons. The second kappa shape index (κ2) is 4.65. The summed E-state index contributed by atoms with van der Waals surface area (Å²) >= 11 is 0. The molecule has 2 aromatic rings. The highest BCUT2D eigenvalue weighted by molar-refractivity contribution is 6.13. The molecule has 3 rings (SSSR count). The molecule has 1 aliphatic rings. The number of rotatable bonds is 2. The van der Waals surface area contributed by atoms with E-state index >= 15 is 0 Å². The standard InChI is InChI=1S/C18H18O/c1-3-12-8-9-16-15(10-12)11-14-7-5-6-13(4-2)17(14)18(16)19/h5-10H,3-4,11H2,1-2H3. The highest BCUT2D eigenvalue weighted by Gasteiger charge is 2.24. The smallest absolute Gasteiger partial charge is 0.193 e. The van der Waals surface area contributed by atoms with E-state index in [4.69, 9.17) is 0 Å². The normalized spacial score (nSPS) is 13.1. The van der Waals surface area contributed by atoms with Gasteiger partial charge in [0.2, 0.25) is 0 Å². The van der Waals surface area contributed by atoms with Gasteiger partial charge in [0.15, 0.2) is 5.78 Å². The lowest BCUT2D eigenvalue weighted by Gasteiger charge is -2.21. The molecule has 0 saturated heterocycles. The molecule has 0 N–H and O–H groups in total. The monoisotopic (exact) mass is 250 g/mol. The molecule has 0 heterocycles. The fraction of sp³-hybridized carbons (Fsp3) is 0.278. The van der Waals surface area contributed by atoms with Crippen LogP contribution in [0.5, 0.6) is 0 Å². The van der Waals surface area contributed by atoms with Crippen LogP contribution in [0.4, 0.5) is 0 Å². The number of aryl methyl sites for hydroxylation is 2. The largest absolute Gasteiger partial charge is 0.289 e. The summed E-state index contributed by atoms with van der Waals surface area (Å²) in [6, 6.07) is 12.5. The zero-order chi connectivity index (χ0) is 13.4. The Bertz CT molecular complexity index is 653. The van der Waals surface area contributed by atoms with Gasteiger partial charge in [-0.05, 0) is 41.5 Å². The minimum Gasteiger partial charge on any atom is -0.289 e. The molecular formula is C18H18O. The van der Waals surface area contributed by atoms with E-state index in [1.807, 2.05) is 6.07 Å². The maximum Gasteiger partial charge on any atom is 0.193 e. The molecule has 1 nitrogen and oxygen atoms in total. The maximum atomic E-state index is 12.7. The van der Waals surface area contributed by atoms with Crippen molar-refractivity contribution in [2.75, 3.05) is 0 Å². The van der Waals surface area contributed by atoms with Gasteiger partial charge < -0.3 is 0 Å². The van der Waals surface area contributed by atoms with Gasteiger partial charge >= 0.3 is 0 Å². The van der Waals surface area contributed by atoms with Crippen LogP contribution < -0.4 is 0 Å². The lowest BCUT2D eigenvalue weighted by Crippen LogP contribution is -2.17. The maximum absolute atomic E-state index is 12.7. The van der Waals surface area contributed by atoms with Gasteiger partial charge in [0.05, 0.1) is 0 Å². The second-order valence-electron chi connectivity index (χ2n) is 5.16. The molecule has 0 amide bonds. The average Bonchev–Trinajstić information content (AvgIpc) is 2.46. The summed E-state index contributed by atoms with van der Waals surface area (Å²) in [7, 11) is 0. The first-order valence-corrected chi connectivity index (χ1v) is 7.01. The van der Waals surface area contributed by atoms with Crippen molar-refractivity contribution >= 4 is 5.78 Å². The third-order valence-electron chi connectivity index (χ3n) is 4.05. The molecule has 2 aromatic carbocycles. The molecule has 0 fully saturated rings. The molecule has 19 heavy (non-hydrogen) atoms. The van der Waals surface area contributed by atoms with Crippen LogP contribution in [0.3, 0.4) is 0 Å². The number of benzene rings is 2. The van der Waals surface area contributed by atoms with E-state index in [9.17, 15) is 4.79 Å². The molecule has 1 aliphatic carbocycles. The van der Waals surface area contributed by atoms with Gasteiger partial charge in [-0.2, -0.15) is 0 Å². The highest BCUT2D eigenvalue weighted by atomic mass is 16.1. The van der Waals surface area contributed by atoms with Crippen molar-refractivity contribution in [2.45, 2.75) is 33.1 Å². The molecule has 0 bridgehead atoms. The van der Waals surface area contributed by atoms with E-state index in [1.54, 1.807) is 0 Å². The zero-order valence-corrected chi connectivity index (χ0v) is 11.5. The fourth-order valence-corrected chi connectivity index (χ4v) is 2.96. The van der Waals surface area contributed by atoms with Gasteiger partial charge in [0, 0.05) is 11.1 Å². The Balaban J connectivity index is 2.17. The first kappa shape index (κ1) is 12.2. The molecule has 0 aliphatic heterocycles. The van der Waals surface area contributed by atoms with E-state index in [0.29, 0.717) is 0 Å². The summed E-state index contributed by atoms with van der Waals surface area (Å²) in [5, 5.41) is 0. The SMILES string of the molecule is CCc1ccc2c(c1)Cc1cccc(CC)c1C2=O. The number of hydrogen-bond donors (Lipinski definition) is 0. The lowest BCUT2D eigenvalue weighted by atomic mass is 9.81. The first-order chi connectivity index (χ1) is 9.24. The van der Waals surface area contributed by atoms with Crippen LogP contribution in [0.2, 0.25) is 0 Å². The van der Waals surface area contributed by atoms with E-state index in [2.05, 4.69) is 44.2 Å². The zero-order valence-electron chi connectivity index (χ0n) is 11.5. The van der Waals surface area contributed by atoms with Crippen molar-refractivity contribution in [1.82, 2.24) is 0 Å². The quantitative estimate of drug-likeness (QED) is 0.673. The van der Waals surface area contributed by atoms with Crippen molar-refractivity contribution in [3.8, 4) is 0 Å². The molecule has 0 radical (unpaired) electrons. The van der Waals surface area contributed by atoms with Crippen LogP contribution in [0.15, 0.2) is 36.4 Å². The molecule has 0 aromatic heterocycles. The van der Waals surface area contributed by atoms with Gasteiger partial charge in [-0.3, -0.25) is 4.79 Å². The van der Waals surface area contributed by atoms with Gasteiger partial charge in [-0.25, -0.2) is 0 Å². The fourth-order valence-electron chi connectivity index (χ4n) is 2.96. The van der Waals surface area contributed by atoms with Crippen LogP contribution in [0.25, 0.3) is 0 Å². The number of carbonyl (C=O) groups is 1. The Hall–Kier alpha value is -1.89. The molecule has 0 atom stereocenters. The summed E-state index contributed by atoms with van der Waals surface area (Å²) in [6.45, 7) is 4.26. The van der Waals surface area contributed by atoms with Crippen molar-refractivity contribution in [1.29, 1.82) is 0 Å². The van der Waals surface area contributed by atoms with E-state index < -0.39 is 0 Å². The molecule has 1 heteroatoms. The Morgan fingerprint density at radius 3 is 2.58 bits per heavy atom. The molecule has 0 spiro atoms. The summed E-state index contributed by atoms with van der Waals surface area (Å²) < 4.78 is 0. The Morgan fingerprint density at radius 1 is 1.00 bits per heavy atom. The van der Waals surface area contributed by atoms with Crippen LogP contribution in [0, 0.1) is 0 Å². The van der Waals surface area contributed by atoms with Crippen LogP contribution in [-0.4, -0.2) is 5.78 Å². The van der Waals surface area contributed by atoms with E-state index in [-0.39, 0.29) is 5.78 Å². The van der Waals surface area contributed by atoms with Crippen molar-refractivity contribution in [3.63, 3.8) is 0 Å². The predicted molar refractivity (Wildman–Crippen MR) is 77.9 cm³/mol. The Labute approximate surface area is 114 Å². The molecule has 0 saturated carbocycles. The number of ketones is 1. The van der Waals surface area contributed by atoms with Crippen LogP contribution in [0.1, 0.15) is 52.0 Å². The number of hydrogen-bond acceptors (Lipinski definition) is 1. The number of carbonyl (C=O) groups excluding carboxylic acids is 1. The van der Waals surface area contributed by atoms with Gasteiger partial charge in [-0.15, -0.1) is 0 Å². The van der Waals surface area contributed by atoms with Gasteiger partial charge in [0.25, 0.3) is 0 Å². The lowest BCUT2D eigenvalue weighted by molar-refractivity contribution is 0.103. The average molecular weight is 250 g/mol. The van der Waals surface area contributed by atoms with Crippen molar-refractivity contribution in [3.05, 3.63) is 69.8 Å². The topological polar surface area (TPSA) is 17.1 Å². The Morgan fingerprint density at radius 2 is 1.84 bits per heavy atom. The van der Waals surface area contributed by atoms with E-state index in [0.717, 1.165) is 30.4 Å². The molecule has 0 unspecified atom stereocenters. The molecular weight excluding hydrogens is 232 g/mol. The highest BCUT2D eigenvalue weighted by Crippen LogP contribution is 2.30. The summed E-state index contributed by atoms with van der Waals surface area (Å²) in [5.41, 5.74) is 6.69. The van der Waals surface area contributed by atoms with E-state index in [1.165, 1.54) is 22.3 Å². The van der Waals surface area contributed by atoms with Crippen molar-refractivity contribution in [2.24, 2.45) is 0 Å². The van der Waals surface area contributed by atoms with Crippen LogP contribution >= 0.6 is 0 Å². The van der Waals surface area contributed by atoms with Gasteiger partial charge in [-0.1, -0.05) is 50.2 Å². The Kier molecular flexibility index (Phi) is 2.98.